The van der Waals surface area contributed by atoms with Gasteiger partial charge in [0.25, 0.3) is 5.91 Å². The summed E-state index contributed by atoms with van der Waals surface area (Å²) in [5.41, 5.74) is 1.01. The van der Waals surface area contributed by atoms with E-state index < -0.39 is 11.4 Å². The van der Waals surface area contributed by atoms with Gasteiger partial charge in [-0.2, -0.15) is 0 Å². The topological polar surface area (TPSA) is 66.8 Å². The second kappa shape index (κ2) is 6.32. The fourth-order valence-corrected chi connectivity index (χ4v) is 3.74. The smallest absolute Gasteiger partial charge is 0.311 e. The fourth-order valence-electron chi connectivity index (χ4n) is 3.74. The summed E-state index contributed by atoms with van der Waals surface area (Å²) in [5, 5.41) is 9.67. The van der Waals surface area contributed by atoms with Crippen molar-refractivity contribution in [2.24, 2.45) is 11.3 Å². The normalized spacial score (nSPS) is 26.8. The summed E-state index contributed by atoms with van der Waals surface area (Å²) in [6, 6.07) is 7.66. The van der Waals surface area contributed by atoms with Crippen LogP contribution in [0.25, 0.3) is 0 Å². The average molecular weight is 317 g/mol. The molecule has 0 unspecified atom stereocenters. The maximum Gasteiger partial charge on any atom is 0.311 e. The monoisotopic (exact) mass is 317 g/mol. The first-order chi connectivity index (χ1) is 11.1. The van der Waals surface area contributed by atoms with E-state index in [1.54, 1.807) is 4.90 Å². The Morgan fingerprint density at radius 2 is 2.09 bits per heavy atom. The summed E-state index contributed by atoms with van der Waals surface area (Å²) in [7, 11) is 0. The highest BCUT2D eigenvalue weighted by molar-refractivity contribution is 5.95. The third-order valence-corrected chi connectivity index (χ3v) is 5.16. The number of likely N-dealkylation sites (tertiary alicyclic amines) is 1. The maximum absolute atomic E-state index is 12.7. The molecule has 124 valence electrons. The molecule has 2 heterocycles. The summed E-state index contributed by atoms with van der Waals surface area (Å²) in [5.74, 6) is -1.00. The Morgan fingerprint density at radius 3 is 2.70 bits per heavy atom. The van der Waals surface area contributed by atoms with Gasteiger partial charge in [-0.05, 0) is 30.5 Å². The number of ether oxygens (including phenoxy) is 1. The first-order valence-electron chi connectivity index (χ1n) is 8.26. The zero-order valence-electron chi connectivity index (χ0n) is 13.5. The van der Waals surface area contributed by atoms with Crippen LogP contribution in [0.1, 0.15) is 35.7 Å². The van der Waals surface area contributed by atoms with E-state index in [9.17, 15) is 14.7 Å². The highest BCUT2D eigenvalue weighted by atomic mass is 16.5. The Morgan fingerprint density at radius 1 is 1.35 bits per heavy atom. The van der Waals surface area contributed by atoms with E-state index in [0.29, 0.717) is 31.7 Å². The minimum atomic E-state index is -0.837. The molecule has 2 saturated heterocycles. The molecule has 0 aromatic heterocycles. The molecule has 5 heteroatoms. The SMILES string of the molecule is CCCc1ccc(C(=O)N2C[C@H]3COCC[C@@]3(C(=O)O)C2)cc1. The van der Waals surface area contributed by atoms with Crippen LogP contribution in [-0.4, -0.2) is 48.2 Å². The van der Waals surface area contributed by atoms with Crippen LogP contribution in [0.4, 0.5) is 0 Å². The number of aliphatic carboxylic acids is 1. The second-order valence-electron chi connectivity index (χ2n) is 6.62. The van der Waals surface area contributed by atoms with Crippen LogP contribution in [0.5, 0.6) is 0 Å². The van der Waals surface area contributed by atoms with Crippen molar-refractivity contribution in [1.29, 1.82) is 0 Å². The summed E-state index contributed by atoms with van der Waals surface area (Å²) in [6.45, 7) is 3.74. The predicted molar refractivity (Wildman–Crippen MR) is 85.3 cm³/mol. The predicted octanol–water partition coefficient (Wildman–Crippen LogP) is 2.20. The van der Waals surface area contributed by atoms with E-state index in [0.717, 1.165) is 12.8 Å². The molecule has 1 amide bonds. The van der Waals surface area contributed by atoms with Gasteiger partial charge in [0, 0.05) is 31.2 Å². The Balaban J connectivity index is 1.77. The molecule has 0 radical (unpaired) electrons. The van der Waals surface area contributed by atoms with Crippen molar-refractivity contribution in [3.05, 3.63) is 35.4 Å². The summed E-state index contributed by atoms with van der Waals surface area (Å²) in [4.78, 5) is 26.2. The van der Waals surface area contributed by atoms with Crippen molar-refractivity contribution in [1.82, 2.24) is 4.90 Å². The van der Waals surface area contributed by atoms with Gasteiger partial charge < -0.3 is 14.7 Å². The lowest BCUT2D eigenvalue weighted by Crippen LogP contribution is -2.45. The third kappa shape index (κ3) is 2.85. The lowest BCUT2D eigenvalue weighted by Gasteiger charge is -2.33. The zero-order valence-corrected chi connectivity index (χ0v) is 13.5. The van der Waals surface area contributed by atoms with E-state index in [1.807, 2.05) is 24.3 Å². The number of carbonyl (C=O) groups is 2. The van der Waals surface area contributed by atoms with Gasteiger partial charge in [0.1, 0.15) is 0 Å². The van der Waals surface area contributed by atoms with Crippen LogP contribution in [0.3, 0.4) is 0 Å². The summed E-state index contributed by atoms with van der Waals surface area (Å²) < 4.78 is 5.43. The summed E-state index contributed by atoms with van der Waals surface area (Å²) >= 11 is 0. The highest BCUT2D eigenvalue weighted by Crippen LogP contribution is 2.42. The molecule has 1 N–H and O–H groups in total. The van der Waals surface area contributed by atoms with Crippen LogP contribution in [0, 0.1) is 11.3 Å². The van der Waals surface area contributed by atoms with Gasteiger partial charge in [-0.25, -0.2) is 0 Å². The number of hydrogen-bond acceptors (Lipinski definition) is 3. The number of aryl methyl sites for hydroxylation is 1. The van der Waals surface area contributed by atoms with Crippen molar-refractivity contribution in [3.63, 3.8) is 0 Å². The molecular weight excluding hydrogens is 294 g/mol. The molecule has 2 fully saturated rings. The molecule has 2 atom stereocenters. The molecular formula is C18H23NO4. The van der Waals surface area contributed by atoms with Gasteiger partial charge in [-0.1, -0.05) is 25.5 Å². The molecule has 5 nitrogen and oxygen atoms in total. The van der Waals surface area contributed by atoms with Crippen molar-refractivity contribution in [2.75, 3.05) is 26.3 Å². The van der Waals surface area contributed by atoms with Crippen LogP contribution >= 0.6 is 0 Å². The lowest BCUT2D eigenvalue weighted by atomic mass is 9.74. The molecule has 0 aliphatic carbocycles. The van der Waals surface area contributed by atoms with Gasteiger partial charge in [-0.15, -0.1) is 0 Å². The number of benzene rings is 1. The highest BCUT2D eigenvalue weighted by Gasteiger charge is 2.54. The number of carboxylic acid groups (broad SMARTS) is 1. The Kier molecular flexibility index (Phi) is 4.39. The van der Waals surface area contributed by atoms with Crippen LogP contribution in [0.2, 0.25) is 0 Å². The van der Waals surface area contributed by atoms with E-state index in [4.69, 9.17) is 4.74 Å². The molecule has 1 aromatic carbocycles. The zero-order chi connectivity index (χ0) is 16.4. The number of fused-ring (bicyclic) bond motifs is 1. The van der Waals surface area contributed by atoms with Crippen LogP contribution in [-0.2, 0) is 16.0 Å². The maximum atomic E-state index is 12.7. The van der Waals surface area contributed by atoms with Gasteiger partial charge in [0.2, 0.25) is 0 Å². The Hall–Kier alpha value is -1.88. The number of hydrogen-bond donors (Lipinski definition) is 1. The Labute approximate surface area is 136 Å². The van der Waals surface area contributed by atoms with Crippen LogP contribution < -0.4 is 0 Å². The third-order valence-electron chi connectivity index (χ3n) is 5.16. The molecule has 23 heavy (non-hydrogen) atoms. The minimum absolute atomic E-state index is 0.0805. The van der Waals surface area contributed by atoms with E-state index in [2.05, 4.69) is 6.92 Å². The van der Waals surface area contributed by atoms with Crippen molar-refractivity contribution in [3.8, 4) is 0 Å². The molecule has 1 aromatic rings. The summed E-state index contributed by atoms with van der Waals surface area (Å²) in [6.07, 6.45) is 2.55. The first kappa shape index (κ1) is 16.0. The van der Waals surface area contributed by atoms with Gasteiger partial charge in [0.05, 0.1) is 12.0 Å². The largest absolute Gasteiger partial charge is 0.481 e. The van der Waals surface area contributed by atoms with Gasteiger partial charge in [-0.3, -0.25) is 9.59 Å². The first-order valence-corrected chi connectivity index (χ1v) is 8.26. The van der Waals surface area contributed by atoms with E-state index in [-0.39, 0.29) is 18.4 Å². The number of nitrogens with zero attached hydrogens (tertiary/aromatic N) is 1. The van der Waals surface area contributed by atoms with E-state index >= 15 is 0 Å². The van der Waals surface area contributed by atoms with Crippen molar-refractivity contribution >= 4 is 11.9 Å². The van der Waals surface area contributed by atoms with Crippen molar-refractivity contribution < 1.29 is 19.4 Å². The fraction of sp³-hybridized carbons (Fsp3) is 0.556. The molecule has 2 aliphatic rings. The number of amides is 1. The van der Waals surface area contributed by atoms with Gasteiger partial charge >= 0.3 is 5.97 Å². The molecule has 3 rings (SSSR count). The number of rotatable bonds is 4. The van der Waals surface area contributed by atoms with Crippen LogP contribution in [0.15, 0.2) is 24.3 Å². The minimum Gasteiger partial charge on any atom is -0.481 e. The van der Waals surface area contributed by atoms with Gasteiger partial charge in [0.15, 0.2) is 0 Å². The number of carboxylic acids is 1. The molecule has 0 saturated carbocycles. The second-order valence-corrected chi connectivity index (χ2v) is 6.62. The average Bonchev–Trinajstić information content (AvgIpc) is 2.96. The Bertz CT molecular complexity index is 598. The molecule has 2 aliphatic heterocycles. The number of carbonyl (C=O) groups excluding carboxylic acids is 1. The quantitative estimate of drug-likeness (QED) is 0.924. The lowest BCUT2D eigenvalue weighted by molar-refractivity contribution is -0.157. The molecule has 0 spiro atoms. The standard InChI is InChI=1S/C18H23NO4/c1-2-3-13-4-6-14(7-5-13)16(20)19-10-15-11-23-9-8-18(15,12-19)17(21)22/h4-7,15H,2-3,8-12H2,1H3,(H,21,22)/t15-,18+/m0/s1. The van der Waals surface area contributed by atoms with Crippen molar-refractivity contribution in [2.45, 2.75) is 26.2 Å². The van der Waals surface area contributed by atoms with E-state index in [1.165, 1.54) is 5.56 Å². The molecule has 0 bridgehead atoms.